The van der Waals surface area contributed by atoms with Gasteiger partial charge in [-0.3, -0.25) is 14.5 Å². The lowest BCUT2D eigenvalue weighted by atomic mass is 9.92. The molecule has 186 valence electrons. The second-order valence-corrected chi connectivity index (χ2v) is 8.65. The summed E-state index contributed by atoms with van der Waals surface area (Å²) in [5.41, 5.74) is 1.89. The number of hydrogen-bond donors (Lipinski definition) is 1. The number of benzene rings is 4. The minimum absolute atomic E-state index is 0.109. The third-order valence-corrected chi connectivity index (χ3v) is 6.20. The molecule has 1 heterocycles. The van der Waals surface area contributed by atoms with Gasteiger partial charge in [-0.1, -0.05) is 72.3 Å². The number of alkyl halides is 3. The molecule has 1 N–H and O–H groups in total. The molecule has 0 bridgehead atoms. The van der Waals surface area contributed by atoms with Crippen molar-refractivity contribution in [3.8, 4) is 5.75 Å². The number of halogens is 3. The molecule has 0 radical (unpaired) electrons. The van der Waals surface area contributed by atoms with E-state index in [1.807, 2.05) is 37.3 Å². The molecule has 5 nitrogen and oxygen atoms in total. The summed E-state index contributed by atoms with van der Waals surface area (Å²) in [6.45, 7) is 1.85. The van der Waals surface area contributed by atoms with Gasteiger partial charge in [-0.25, -0.2) is 0 Å². The molecule has 0 spiro atoms. The van der Waals surface area contributed by atoms with Gasteiger partial charge in [-0.2, -0.15) is 0 Å². The van der Waals surface area contributed by atoms with Crippen molar-refractivity contribution in [3.05, 3.63) is 113 Å². The third kappa shape index (κ3) is 4.53. The number of ketones is 1. The standard InChI is InChI=1S/C29H20F3NO4/c1-17-6-4-9-19(16-17)25-24(26(34)23-11-5-8-18-7-2-3-10-22(18)23)27(35)28(36)33(25)20-12-14-21(15-13-20)37-29(30,31)32/h2-16,25,34H,1H3/b26-24-. The first kappa shape index (κ1) is 24.1. The number of carbonyl (C=O) groups excluding carboxylic acids is 2. The molecule has 4 aromatic carbocycles. The van der Waals surface area contributed by atoms with Gasteiger partial charge in [0, 0.05) is 11.3 Å². The van der Waals surface area contributed by atoms with Crippen molar-refractivity contribution in [1.29, 1.82) is 0 Å². The molecular weight excluding hydrogens is 483 g/mol. The first-order chi connectivity index (χ1) is 17.6. The van der Waals surface area contributed by atoms with Gasteiger partial charge < -0.3 is 9.84 Å². The van der Waals surface area contributed by atoms with E-state index in [4.69, 9.17) is 0 Å². The normalized spacial score (nSPS) is 17.4. The summed E-state index contributed by atoms with van der Waals surface area (Å²) in [5.74, 6) is -2.60. The van der Waals surface area contributed by atoms with Crippen LogP contribution in [-0.4, -0.2) is 23.2 Å². The fourth-order valence-electron chi connectivity index (χ4n) is 4.64. The van der Waals surface area contributed by atoms with Gasteiger partial charge in [-0.05, 0) is 47.5 Å². The summed E-state index contributed by atoms with van der Waals surface area (Å²) >= 11 is 0. The highest BCUT2D eigenvalue weighted by molar-refractivity contribution is 6.51. The average molecular weight is 503 g/mol. The molecule has 1 amide bonds. The number of anilines is 1. The van der Waals surface area contributed by atoms with Crippen LogP contribution >= 0.6 is 0 Å². The van der Waals surface area contributed by atoms with Gasteiger partial charge >= 0.3 is 6.36 Å². The number of aliphatic hydroxyl groups excluding tert-OH is 1. The van der Waals surface area contributed by atoms with E-state index in [0.29, 0.717) is 16.5 Å². The maximum absolute atomic E-state index is 13.4. The molecule has 1 aliphatic rings. The van der Waals surface area contributed by atoms with Crippen LogP contribution in [0.25, 0.3) is 16.5 Å². The second kappa shape index (κ2) is 9.13. The number of aryl methyl sites for hydroxylation is 1. The van der Waals surface area contributed by atoms with Crippen molar-refractivity contribution in [2.45, 2.75) is 19.3 Å². The second-order valence-electron chi connectivity index (χ2n) is 8.65. The van der Waals surface area contributed by atoms with Crippen molar-refractivity contribution in [3.63, 3.8) is 0 Å². The first-order valence-corrected chi connectivity index (χ1v) is 11.4. The van der Waals surface area contributed by atoms with Crippen LogP contribution in [0.2, 0.25) is 0 Å². The highest BCUT2D eigenvalue weighted by Gasteiger charge is 2.47. The predicted octanol–water partition coefficient (Wildman–Crippen LogP) is 6.67. The van der Waals surface area contributed by atoms with Crippen molar-refractivity contribution in [1.82, 2.24) is 0 Å². The molecule has 0 aliphatic carbocycles. The quantitative estimate of drug-likeness (QED) is 0.192. The molecule has 8 heteroatoms. The number of carbonyl (C=O) groups is 2. The fraction of sp³-hybridized carbons (Fsp3) is 0.103. The fourth-order valence-corrected chi connectivity index (χ4v) is 4.64. The number of rotatable bonds is 4. The predicted molar refractivity (Wildman–Crippen MR) is 133 cm³/mol. The largest absolute Gasteiger partial charge is 0.573 e. The Morgan fingerprint density at radius 2 is 1.57 bits per heavy atom. The maximum atomic E-state index is 13.4. The Morgan fingerprint density at radius 3 is 2.27 bits per heavy atom. The lowest BCUT2D eigenvalue weighted by Gasteiger charge is -2.26. The van der Waals surface area contributed by atoms with E-state index in [1.165, 1.54) is 17.0 Å². The Kier molecular flexibility index (Phi) is 5.95. The summed E-state index contributed by atoms with van der Waals surface area (Å²) in [7, 11) is 0. The topological polar surface area (TPSA) is 66.8 Å². The smallest absolute Gasteiger partial charge is 0.507 e. The number of aliphatic hydroxyl groups is 1. The van der Waals surface area contributed by atoms with Crippen molar-refractivity contribution >= 4 is 33.9 Å². The van der Waals surface area contributed by atoms with Crippen LogP contribution < -0.4 is 9.64 Å². The van der Waals surface area contributed by atoms with Crippen molar-refractivity contribution in [2.75, 3.05) is 4.90 Å². The zero-order valence-electron chi connectivity index (χ0n) is 19.5. The minimum Gasteiger partial charge on any atom is -0.507 e. The average Bonchev–Trinajstić information content (AvgIpc) is 3.13. The number of ether oxygens (including phenoxy) is 1. The van der Waals surface area contributed by atoms with Gasteiger partial charge in [0.2, 0.25) is 0 Å². The van der Waals surface area contributed by atoms with Gasteiger partial charge in [0.25, 0.3) is 11.7 Å². The highest BCUT2D eigenvalue weighted by atomic mass is 19.4. The van der Waals surface area contributed by atoms with Crippen LogP contribution in [0.15, 0.2) is 96.6 Å². The summed E-state index contributed by atoms with van der Waals surface area (Å²) < 4.78 is 41.8. The van der Waals surface area contributed by atoms with Crippen LogP contribution in [0, 0.1) is 6.92 Å². The van der Waals surface area contributed by atoms with E-state index in [1.54, 1.807) is 36.4 Å². The Hall–Kier alpha value is -4.59. The number of Topliss-reactive ketones (excluding diaryl/α,β-unsaturated/α-hetero) is 1. The SMILES string of the molecule is Cc1cccc(C2/C(=C(/O)c3cccc4ccccc34)C(=O)C(=O)N2c2ccc(OC(F)(F)F)cc2)c1. The van der Waals surface area contributed by atoms with E-state index in [0.717, 1.165) is 23.1 Å². The third-order valence-electron chi connectivity index (χ3n) is 6.20. The van der Waals surface area contributed by atoms with E-state index in [2.05, 4.69) is 4.74 Å². The monoisotopic (exact) mass is 503 g/mol. The minimum atomic E-state index is -4.87. The zero-order chi connectivity index (χ0) is 26.3. The molecule has 4 aromatic rings. The molecule has 1 aliphatic heterocycles. The Labute approximate surface area is 210 Å². The Morgan fingerprint density at radius 1 is 0.892 bits per heavy atom. The highest BCUT2D eigenvalue weighted by Crippen LogP contribution is 2.43. The van der Waals surface area contributed by atoms with Crippen LogP contribution in [0.4, 0.5) is 18.9 Å². The van der Waals surface area contributed by atoms with Crippen LogP contribution in [0.3, 0.4) is 0 Å². The van der Waals surface area contributed by atoms with Crippen molar-refractivity contribution in [2.24, 2.45) is 0 Å². The van der Waals surface area contributed by atoms with Gasteiger partial charge in [0.1, 0.15) is 11.5 Å². The molecule has 0 aromatic heterocycles. The van der Waals surface area contributed by atoms with Gasteiger partial charge in [0.05, 0.1) is 11.6 Å². The van der Waals surface area contributed by atoms with Gasteiger partial charge in [0.15, 0.2) is 0 Å². The lowest BCUT2D eigenvalue weighted by Crippen LogP contribution is -2.29. The first-order valence-electron chi connectivity index (χ1n) is 11.4. The molecule has 0 saturated carbocycles. The van der Waals surface area contributed by atoms with E-state index in [-0.39, 0.29) is 17.0 Å². The number of hydrogen-bond acceptors (Lipinski definition) is 4. The summed E-state index contributed by atoms with van der Waals surface area (Å²) in [4.78, 5) is 27.9. The molecule has 1 atom stereocenters. The number of fused-ring (bicyclic) bond motifs is 1. The lowest BCUT2D eigenvalue weighted by molar-refractivity contribution is -0.274. The maximum Gasteiger partial charge on any atom is 0.573 e. The molecule has 1 saturated heterocycles. The molecule has 1 unspecified atom stereocenters. The molecule has 1 fully saturated rings. The van der Waals surface area contributed by atoms with Crippen molar-refractivity contribution < 1.29 is 32.6 Å². The van der Waals surface area contributed by atoms with Crippen LogP contribution in [0.1, 0.15) is 22.7 Å². The molecule has 5 rings (SSSR count). The summed E-state index contributed by atoms with van der Waals surface area (Å²) in [6.07, 6.45) is -4.87. The molecular formula is C29H20F3NO4. The van der Waals surface area contributed by atoms with Gasteiger partial charge in [-0.15, -0.1) is 13.2 Å². The summed E-state index contributed by atoms with van der Waals surface area (Å²) in [5, 5.41) is 13.0. The van der Waals surface area contributed by atoms with E-state index < -0.39 is 29.8 Å². The zero-order valence-corrected chi connectivity index (χ0v) is 19.5. The van der Waals surface area contributed by atoms with Crippen LogP contribution in [0.5, 0.6) is 5.75 Å². The Balaban J connectivity index is 1.69. The van der Waals surface area contributed by atoms with E-state index in [9.17, 15) is 27.9 Å². The number of amides is 1. The number of nitrogens with zero attached hydrogens (tertiary/aromatic N) is 1. The van der Waals surface area contributed by atoms with E-state index >= 15 is 0 Å². The van der Waals surface area contributed by atoms with Crippen LogP contribution in [-0.2, 0) is 9.59 Å². The molecule has 37 heavy (non-hydrogen) atoms. The summed E-state index contributed by atoms with van der Waals surface area (Å²) in [6, 6.07) is 23.4. The Bertz CT molecular complexity index is 1550.